The molecule has 0 spiro atoms. The van der Waals surface area contributed by atoms with Crippen LogP contribution in [0.1, 0.15) is 24.2 Å². The lowest BCUT2D eigenvalue weighted by Gasteiger charge is -2.17. The lowest BCUT2D eigenvalue weighted by atomic mass is 10.1. The van der Waals surface area contributed by atoms with Gasteiger partial charge in [0.2, 0.25) is 5.91 Å². The summed E-state index contributed by atoms with van der Waals surface area (Å²) in [5.41, 5.74) is 5.89. The molecule has 0 aromatic heterocycles. The Labute approximate surface area is 104 Å². The van der Waals surface area contributed by atoms with Crippen LogP contribution in [0.5, 0.6) is 0 Å². The highest BCUT2D eigenvalue weighted by molar-refractivity contribution is 8.01. The van der Waals surface area contributed by atoms with Crippen molar-refractivity contribution in [2.24, 2.45) is 5.73 Å². The Morgan fingerprint density at radius 3 is 2.35 bits per heavy atom. The Morgan fingerprint density at radius 2 is 1.94 bits per heavy atom. The van der Waals surface area contributed by atoms with Gasteiger partial charge in [0.25, 0.3) is 0 Å². The van der Waals surface area contributed by atoms with Crippen molar-refractivity contribution in [2.75, 3.05) is 0 Å². The summed E-state index contributed by atoms with van der Waals surface area (Å²) in [5.74, 6) is -1.43. The number of aliphatic carboxylic acids is 1. The Balaban J connectivity index is 2.88. The molecule has 0 unspecified atom stereocenters. The highest BCUT2D eigenvalue weighted by Crippen LogP contribution is 2.33. The summed E-state index contributed by atoms with van der Waals surface area (Å²) in [5, 5.41) is 7.95. The van der Waals surface area contributed by atoms with Gasteiger partial charge in [-0.25, -0.2) is 0 Å². The third kappa shape index (κ3) is 3.78. The molecule has 1 amide bonds. The molecule has 1 aromatic rings. The summed E-state index contributed by atoms with van der Waals surface area (Å²) in [4.78, 5) is 22.3. The van der Waals surface area contributed by atoms with Crippen molar-refractivity contribution in [1.29, 1.82) is 0 Å². The average Bonchev–Trinajstić information content (AvgIpc) is 2.30. The molecule has 0 saturated heterocycles. The number of carbonyl (C=O) groups is 2. The van der Waals surface area contributed by atoms with E-state index < -0.39 is 22.4 Å². The van der Waals surface area contributed by atoms with Gasteiger partial charge in [-0.05, 0) is 12.0 Å². The number of rotatable bonds is 6. The van der Waals surface area contributed by atoms with Crippen LogP contribution >= 0.6 is 11.8 Å². The number of primary amides is 1. The molecule has 5 heteroatoms. The molecule has 17 heavy (non-hydrogen) atoms. The molecule has 0 aliphatic carbocycles. The van der Waals surface area contributed by atoms with Gasteiger partial charge in [-0.1, -0.05) is 37.3 Å². The fraction of sp³-hybridized carbons (Fsp3) is 0.333. The van der Waals surface area contributed by atoms with Gasteiger partial charge in [0.15, 0.2) is 0 Å². The van der Waals surface area contributed by atoms with E-state index in [1.807, 2.05) is 13.0 Å². The van der Waals surface area contributed by atoms with Gasteiger partial charge in [0, 0.05) is 0 Å². The van der Waals surface area contributed by atoms with Crippen LogP contribution in [0.3, 0.4) is 0 Å². The normalized spacial score (nSPS) is 13.9. The maximum Gasteiger partial charge on any atom is 0.321 e. The maximum atomic E-state index is 11.2. The molecule has 0 aliphatic heterocycles. The first-order chi connectivity index (χ1) is 8.06. The van der Waals surface area contributed by atoms with E-state index in [2.05, 4.69) is 0 Å². The topological polar surface area (TPSA) is 80.4 Å². The summed E-state index contributed by atoms with van der Waals surface area (Å²) in [7, 11) is 0. The third-order valence-electron chi connectivity index (χ3n) is 2.32. The number of carboxylic acids is 1. The van der Waals surface area contributed by atoms with Crippen molar-refractivity contribution in [3.63, 3.8) is 0 Å². The molecule has 0 saturated carbocycles. The Morgan fingerprint density at radius 1 is 1.35 bits per heavy atom. The molecule has 1 aromatic carbocycles. The second-order valence-corrected chi connectivity index (χ2v) is 4.88. The number of benzene rings is 1. The minimum Gasteiger partial charge on any atom is -0.480 e. The number of carbonyl (C=O) groups excluding carboxylic acids is 1. The minimum absolute atomic E-state index is 0.473. The molecular weight excluding hydrogens is 238 g/mol. The van der Waals surface area contributed by atoms with Gasteiger partial charge < -0.3 is 10.8 Å². The van der Waals surface area contributed by atoms with Crippen molar-refractivity contribution in [1.82, 2.24) is 0 Å². The second kappa shape index (κ2) is 6.30. The minimum atomic E-state index is -0.957. The van der Waals surface area contributed by atoms with E-state index in [9.17, 15) is 14.7 Å². The molecule has 2 atom stereocenters. The average molecular weight is 253 g/mol. The molecule has 1 rings (SSSR count). The Hall–Kier alpha value is -1.49. The van der Waals surface area contributed by atoms with Crippen molar-refractivity contribution in [2.45, 2.75) is 23.8 Å². The van der Waals surface area contributed by atoms with Crippen LogP contribution in [0.15, 0.2) is 30.3 Å². The number of hydrogen-bond donors (Lipinski definition) is 2. The van der Waals surface area contributed by atoms with E-state index in [4.69, 9.17) is 5.73 Å². The smallest absolute Gasteiger partial charge is 0.321 e. The Kier molecular flexibility index (Phi) is 5.03. The summed E-state index contributed by atoms with van der Waals surface area (Å²) in [6.45, 7) is 1.81. The molecule has 0 radical (unpaired) electrons. The van der Waals surface area contributed by atoms with Gasteiger partial charge in [-0.2, -0.15) is 0 Å². The van der Waals surface area contributed by atoms with E-state index in [0.717, 1.165) is 11.8 Å². The van der Waals surface area contributed by atoms with E-state index in [-0.39, 0.29) is 0 Å². The van der Waals surface area contributed by atoms with Crippen LogP contribution in [0, 0.1) is 0 Å². The van der Waals surface area contributed by atoms with Gasteiger partial charge >= 0.3 is 5.97 Å². The first kappa shape index (κ1) is 13.6. The monoisotopic (exact) mass is 253 g/mol. The van der Waals surface area contributed by atoms with Crippen molar-refractivity contribution < 1.29 is 14.7 Å². The maximum absolute atomic E-state index is 11.2. The fourth-order valence-corrected chi connectivity index (χ4v) is 2.52. The summed E-state index contributed by atoms with van der Waals surface area (Å²) < 4.78 is 0. The quantitative estimate of drug-likeness (QED) is 0.810. The van der Waals surface area contributed by atoms with Crippen LogP contribution in [-0.4, -0.2) is 22.2 Å². The number of nitrogens with two attached hydrogens (primary N) is 1. The zero-order valence-electron chi connectivity index (χ0n) is 9.50. The standard InChI is InChI=1S/C12H15NO3S/c1-2-9(11(13)14)17-10(12(15)16)8-6-4-3-5-7-8/h3-7,9-10H,2H2,1H3,(H2,13,14)(H,15,16)/t9-,10+/m1/s1. The summed E-state index contributed by atoms with van der Waals surface area (Å²) >= 11 is 1.09. The van der Waals surface area contributed by atoms with Crippen LogP contribution in [-0.2, 0) is 9.59 Å². The summed E-state index contributed by atoms with van der Waals surface area (Å²) in [6.07, 6.45) is 0.524. The molecule has 0 fully saturated rings. The molecule has 92 valence electrons. The molecule has 0 bridgehead atoms. The second-order valence-electron chi connectivity index (χ2n) is 3.56. The van der Waals surface area contributed by atoms with E-state index in [0.29, 0.717) is 12.0 Å². The van der Waals surface area contributed by atoms with Crippen LogP contribution in [0.2, 0.25) is 0 Å². The highest BCUT2D eigenvalue weighted by Gasteiger charge is 2.26. The van der Waals surface area contributed by atoms with Crippen molar-refractivity contribution >= 4 is 23.6 Å². The van der Waals surface area contributed by atoms with Gasteiger partial charge in [-0.15, -0.1) is 11.8 Å². The molecule has 0 aliphatic rings. The molecular formula is C12H15NO3S. The zero-order valence-corrected chi connectivity index (χ0v) is 10.3. The van der Waals surface area contributed by atoms with Crippen LogP contribution < -0.4 is 5.73 Å². The zero-order chi connectivity index (χ0) is 12.8. The van der Waals surface area contributed by atoms with Gasteiger partial charge in [-0.3, -0.25) is 9.59 Å². The number of thioether (sulfide) groups is 1. The summed E-state index contributed by atoms with van der Waals surface area (Å²) in [6, 6.07) is 8.84. The largest absolute Gasteiger partial charge is 0.480 e. The Bertz CT molecular complexity index is 394. The van der Waals surface area contributed by atoms with Gasteiger partial charge in [0.05, 0.1) is 5.25 Å². The van der Waals surface area contributed by atoms with Crippen LogP contribution in [0.4, 0.5) is 0 Å². The third-order valence-corrected chi connectivity index (χ3v) is 3.96. The number of hydrogen-bond acceptors (Lipinski definition) is 3. The molecule has 3 N–H and O–H groups in total. The number of amides is 1. The van der Waals surface area contributed by atoms with Gasteiger partial charge in [0.1, 0.15) is 5.25 Å². The predicted molar refractivity (Wildman–Crippen MR) is 67.7 cm³/mol. The van der Waals surface area contributed by atoms with E-state index in [1.54, 1.807) is 24.3 Å². The van der Waals surface area contributed by atoms with Crippen molar-refractivity contribution in [3.05, 3.63) is 35.9 Å². The SMILES string of the molecule is CC[C@@H](S[C@H](C(=O)O)c1ccccc1)C(N)=O. The van der Waals surface area contributed by atoms with Crippen molar-refractivity contribution in [3.8, 4) is 0 Å². The van der Waals surface area contributed by atoms with E-state index in [1.165, 1.54) is 0 Å². The molecule has 4 nitrogen and oxygen atoms in total. The van der Waals surface area contributed by atoms with E-state index >= 15 is 0 Å². The lowest BCUT2D eigenvalue weighted by Crippen LogP contribution is -2.27. The number of carboxylic acid groups (broad SMARTS) is 1. The fourth-order valence-electron chi connectivity index (χ4n) is 1.44. The van der Waals surface area contributed by atoms with Crippen LogP contribution in [0.25, 0.3) is 0 Å². The first-order valence-electron chi connectivity index (χ1n) is 5.28. The lowest BCUT2D eigenvalue weighted by molar-refractivity contribution is -0.136. The first-order valence-corrected chi connectivity index (χ1v) is 6.23. The highest BCUT2D eigenvalue weighted by atomic mass is 32.2. The molecule has 0 heterocycles. The predicted octanol–water partition coefficient (Wildman–Crippen LogP) is 1.81.